The zero-order valence-electron chi connectivity index (χ0n) is 15.9. The van der Waals surface area contributed by atoms with Crippen LogP contribution in [0.4, 0.5) is 28.9 Å². The number of nitrogens with one attached hydrogen (secondary N) is 1. The molecule has 2 amide bonds. The maximum absolute atomic E-state index is 13.4. The van der Waals surface area contributed by atoms with Crippen molar-refractivity contribution in [3.63, 3.8) is 0 Å². The van der Waals surface area contributed by atoms with Crippen LogP contribution in [-0.2, 0) is 22.2 Å². The van der Waals surface area contributed by atoms with Gasteiger partial charge < -0.3 is 10.2 Å². The molecule has 8 heteroatoms. The van der Waals surface area contributed by atoms with Gasteiger partial charge in [-0.25, -0.2) is 4.39 Å². The molecule has 3 rings (SSSR count). The van der Waals surface area contributed by atoms with Gasteiger partial charge in [0.1, 0.15) is 5.82 Å². The molecular formula is C21H20F4N2O2. The summed E-state index contributed by atoms with van der Waals surface area (Å²) in [4.78, 5) is 26.7. The van der Waals surface area contributed by atoms with E-state index >= 15 is 0 Å². The Hall–Kier alpha value is -2.90. The monoisotopic (exact) mass is 408 g/mol. The van der Waals surface area contributed by atoms with Gasteiger partial charge in [-0.3, -0.25) is 9.59 Å². The number of alkyl halides is 3. The Kier molecular flexibility index (Phi) is 5.64. The summed E-state index contributed by atoms with van der Waals surface area (Å²) in [6.45, 7) is 3.98. The van der Waals surface area contributed by atoms with Gasteiger partial charge in [-0.05, 0) is 42.7 Å². The second-order valence-electron chi connectivity index (χ2n) is 7.02. The average Bonchev–Trinajstić information content (AvgIpc) is 3.03. The molecule has 0 saturated carbocycles. The number of rotatable bonds is 4. The minimum atomic E-state index is -4.87. The lowest BCUT2D eigenvalue weighted by Crippen LogP contribution is -2.29. The highest BCUT2D eigenvalue weighted by molar-refractivity contribution is 6.04. The molecule has 0 radical (unpaired) electrons. The number of anilines is 2. The topological polar surface area (TPSA) is 49.4 Å². The Labute approximate surface area is 165 Å². The van der Waals surface area contributed by atoms with Crippen LogP contribution in [0.1, 0.15) is 30.0 Å². The third kappa shape index (κ3) is 4.26. The van der Waals surface area contributed by atoms with Crippen LogP contribution in [0.25, 0.3) is 0 Å². The fourth-order valence-electron chi connectivity index (χ4n) is 3.56. The van der Waals surface area contributed by atoms with E-state index in [0.29, 0.717) is 18.6 Å². The molecule has 1 unspecified atom stereocenters. The Morgan fingerprint density at radius 1 is 1.24 bits per heavy atom. The van der Waals surface area contributed by atoms with Crippen molar-refractivity contribution in [1.29, 1.82) is 0 Å². The fourth-order valence-corrected chi connectivity index (χ4v) is 3.56. The number of aryl methyl sites for hydroxylation is 2. The summed E-state index contributed by atoms with van der Waals surface area (Å²) in [5, 5.41) is 2.37. The van der Waals surface area contributed by atoms with Gasteiger partial charge in [0.2, 0.25) is 11.8 Å². The van der Waals surface area contributed by atoms with Crippen molar-refractivity contribution in [2.75, 3.05) is 16.8 Å². The van der Waals surface area contributed by atoms with Crippen LogP contribution < -0.4 is 10.2 Å². The van der Waals surface area contributed by atoms with E-state index < -0.39 is 29.4 Å². The number of hydrogen-bond donors (Lipinski definition) is 1. The molecule has 0 bridgehead atoms. The van der Waals surface area contributed by atoms with E-state index in [4.69, 9.17) is 0 Å². The Balaban J connectivity index is 1.79. The summed E-state index contributed by atoms with van der Waals surface area (Å²) >= 11 is 0. The quantitative estimate of drug-likeness (QED) is 0.745. The molecule has 0 aromatic heterocycles. The van der Waals surface area contributed by atoms with E-state index in [1.54, 1.807) is 4.90 Å². The van der Waals surface area contributed by atoms with Crippen LogP contribution in [0.2, 0.25) is 0 Å². The van der Waals surface area contributed by atoms with Crippen LogP contribution in [0.15, 0.2) is 36.4 Å². The SMILES string of the molecule is CCc1cccc(C)c1N1CC(C(=O)Nc2ccc(F)c(C(F)(F)F)c2)CC1=O. The van der Waals surface area contributed by atoms with Gasteiger partial charge >= 0.3 is 6.18 Å². The molecule has 1 aliphatic heterocycles. The zero-order chi connectivity index (χ0) is 21.3. The van der Waals surface area contributed by atoms with Crippen molar-refractivity contribution < 1.29 is 27.2 Å². The molecule has 1 atom stereocenters. The maximum atomic E-state index is 13.4. The first-order valence-electron chi connectivity index (χ1n) is 9.18. The lowest BCUT2D eigenvalue weighted by Gasteiger charge is -2.22. The Morgan fingerprint density at radius 2 is 1.97 bits per heavy atom. The van der Waals surface area contributed by atoms with E-state index in [1.807, 2.05) is 32.0 Å². The molecule has 1 aliphatic rings. The fraction of sp³-hybridized carbons (Fsp3) is 0.333. The van der Waals surface area contributed by atoms with E-state index in [9.17, 15) is 27.2 Å². The van der Waals surface area contributed by atoms with E-state index in [2.05, 4.69) is 5.32 Å². The van der Waals surface area contributed by atoms with Crippen molar-refractivity contribution in [3.05, 3.63) is 58.9 Å². The summed E-state index contributed by atoms with van der Waals surface area (Å²) in [5.74, 6) is -2.92. The molecule has 0 aliphatic carbocycles. The highest BCUT2D eigenvalue weighted by Gasteiger charge is 2.37. The Morgan fingerprint density at radius 3 is 2.62 bits per heavy atom. The van der Waals surface area contributed by atoms with Crippen molar-refractivity contribution in [2.24, 2.45) is 5.92 Å². The number of halogens is 4. The number of para-hydroxylation sites is 1. The van der Waals surface area contributed by atoms with Gasteiger partial charge in [0.05, 0.1) is 11.5 Å². The minimum Gasteiger partial charge on any atom is -0.326 e. The van der Waals surface area contributed by atoms with Crippen LogP contribution in [0.5, 0.6) is 0 Å². The standard InChI is InChI=1S/C21H20F4N2O2/c1-3-13-6-4-5-12(2)19(13)27-11-14(9-18(27)28)20(29)26-15-7-8-17(22)16(10-15)21(23,24)25/h4-8,10,14H,3,9,11H2,1-2H3,(H,26,29). The first-order valence-corrected chi connectivity index (χ1v) is 9.18. The van der Waals surface area contributed by atoms with Gasteiger partial charge in [0, 0.05) is 24.3 Å². The summed E-state index contributed by atoms with van der Waals surface area (Å²) in [6.07, 6.45) is -4.20. The second-order valence-corrected chi connectivity index (χ2v) is 7.02. The highest BCUT2D eigenvalue weighted by Crippen LogP contribution is 2.34. The first kappa shape index (κ1) is 20.8. The lowest BCUT2D eigenvalue weighted by molar-refractivity contribution is -0.140. The summed E-state index contributed by atoms with van der Waals surface area (Å²) in [7, 11) is 0. The summed E-state index contributed by atoms with van der Waals surface area (Å²) < 4.78 is 52.0. The molecule has 0 spiro atoms. The van der Waals surface area contributed by atoms with Crippen LogP contribution in [0.3, 0.4) is 0 Å². The molecule has 1 heterocycles. The number of benzene rings is 2. The van der Waals surface area contributed by atoms with Gasteiger partial charge in [-0.2, -0.15) is 13.2 Å². The molecular weight excluding hydrogens is 388 g/mol. The third-order valence-corrected chi connectivity index (χ3v) is 5.01. The molecule has 154 valence electrons. The molecule has 2 aromatic rings. The molecule has 1 fully saturated rings. The smallest absolute Gasteiger partial charge is 0.326 e. The van der Waals surface area contributed by atoms with Gasteiger partial charge in [-0.15, -0.1) is 0 Å². The van der Waals surface area contributed by atoms with Gasteiger partial charge in [0.15, 0.2) is 0 Å². The van der Waals surface area contributed by atoms with Crippen molar-refractivity contribution >= 4 is 23.2 Å². The Bertz CT molecular complexity index is 956. The second kappa shape index (κ2) is 7.85. The first-order chi connectivity index (χ1) is 13.6. The van der Waals surface area contributed by atoms with Crippen molar-refractivity contribution in [3.8, 4) is 0 Å². The number of nitrogens with zero attached hydrogens (tertiary/aromatic N) is 1. The lowest BCUT2D eigenvalue weighted by atomic mass is 10.0. The predicted octanol–water partition coefficient (Wildman–Crippen LogP) is 4.71. The molecule has 1 saturated heterocycles. The van der Waals surface area contributed by atoms with Crippen molar-refractivity contribution in [1.82, 2.24) is 0 Å². The van der Waals surface area contributed by atoms with Crippen LogP contribution in [0, 0.1) is 18.7 Å². The number of amides is 2. The highest BCUT2D eigenvalue weighted by atomic mass is 19.4. The molecule has 4 nitrogen and oxygen atoms in total. The third-order valence-electron chi connectivity index (χ3n) is 5.01. The predicted molar refractivity (Wildman–Crippen MR) is 101 cm³/mol. The van der Waals surface area contributed by atoms with E-state index in [-0.39, 0.29) is 24.6 Å². The van der Waals surface area contributed by atoms with Gasteiger partial charge in [0.25, 0.3) is 0 Å². The largest absolute Gasteiger partial charge is 0.419 e. The molecule has 2 aromatic carbocycles. The number of carbonyl (C=O) groups is 2. The molecule has 29 heavy (non-hydrogen) atoms. The van der Waals surface area contributed by atoms with Crippen molar-refractivity contribution in [2.45, 2.75) is 32.9 Å². The molecule has 1 N–H and O–H groups in total. The van der Waals surface area contributed by atoms with E-state index in [0.717, 1.165) is 22.9 Å². The zero-order valence-corrected chi connectivity index (χ0v) is 15.9. The van der Waals surface area contributed by atoms with Crippen LogP contribution >= 0.6 is 0 Å². The number of carbonyl (C=O) groups excluding carboxylic acids is 2. The normalized spacial score (nSPS) is 17.0. The van der Waals surface area contributed by atoms with Crippen LogP contribution in [-0.4, -0.2) is 18.4 Å². The maximum Gasteiger partial charge on any atom is 0.419 e. The minimum absolute atomic E-state index is 0.0450. The summed E-state index contributed by atoms with van der Waals surface area (Å²) in [5.41, 5.74) is 1.04. The van der Waals surface area contributed by atoms with E-state index in [1.165, 1.54) is 0 Å². The number of hydrogen-bond acceptors (Lipinski definition) is 2. The van der Waals surface area contributed by atoms with Gasteiger partial charge in [-0.1, -0.05) is 25.1 Å². The summed E-state index contributed by atoms with van der Waals surface area (Å²) in [6, 6.07) is 7.97. The average molecular weight is 408 g/mol.